The van der Waals surface area contributed by atoms with E-state index in [0.29, 0.717) is 12.1 Å². The average molecular weight is 261 g/mol. The predicted octanol–water partition coefficient (Wildman–Crippen LogP) is 3.81. The molecule has 0 spiro atoms. The van der Waals surface area contributed by atoms with Crippen LogP contribution in [0, 0.1) is 6.92 Å². The molecule has 0 amide bonds. The Morgan fingerprint density at radius 3 is 2.63 bits per heavy atom. The van der Waals surface area contributed by atoms with Crippen molar-refractivity contribution in [1.29, 1.82) is 0 Å². The van der Waals surface area contributed by atoms with Gasteiger partial charge < -0.3 is 10.1 Å². The van der Waals surface area contributed by atoms with Crippen LogP contribution in [0.1, 0.15) is 51.7 Å². The third-order valence-electron chi connectivity index (χ3n) is 3.81. The van der Waals surface area contributed by atoms with Gasteiger partial charge in [-0.3, -0.25) is 0 Å². The molecule has 1 aliphatic heterocycles. The normalized spacial score (nSPS) is 24.3. The van der Waals surface area contributed by atoms with Crippen LogP contribution in [0.5, 0.6) is 5.75 Å². The molecule has 2 atom stereocenters. The minimum atomic E-state index is 0.125. The number of nitrogens with one attached hydrogen (secondary N) is 1. The van der Waals surface area contributed by atoms with Crippen LogP contribution in [-0.2, 0) is 5.41 Å². The highest BCUT2D eigenvalue weighted by molar-refractivity contribution is 5.41. The summed E-state index contributed by atoms with van der Waals surface area (Å²) in [6, 6.07) is 7.11. The smallest absolute Gasteiger partial charge is 0.123 e. The predicted molar refractivity (Wildman–Crippen MR) is 81.0 cm³/mol. The molecule has 0 radical (unpaired) electrons. The van der Waals surface area contributed by atoms with E-state index in [4.69, 9.17) is 4.74 Å². The van der Waals surface area contributed by atoms with E-state index in [-0.39, 0.29) is 5.41 Å². The second-order valence-corrected chi connectivity index (χ2v) is 6.87. The molecule has 1 saturated heterocycles. The van der Waals surface area contributed by atoms with E-state index in [1.165, 1.54) is 11.1 Å². The number of hydrogen-bond acceptors (Lipinski definition) is 2. The van der Waals surface area contributed by atoms with Crippen LogP contribution < -0.4 is 10.1 Å². The third kappa shape index (κ3) is 3.73. The monoisotopic (exact) mass is 261 g/mol. The van der Waals surface area contributed by atoms with Crippen molar-refractivity contribution in [2.75, 3.05) is 6.54 Å². The highest BCUT2D eigenvalue weighted by Gasteiger charge is 2.24. The first-order valence-corrected chi connectivity index (χ1v) is 7.37. The van der Waals surface area contributed by atoms with Crippen molar-refractivity contribution in [3.63, 3.8) is 0 Å². The third-order valence-corrected chi connectivity index (χ3v) is 3.81. The summed E-state index contributed by atoms with van der Waals surface area (Å²) in [6.07, 6.45) is 2.54. The van der Waals surface area contributed by atoms with E-state index < -0.39 is 0 Å². The summed E-state index contributed by atoms with van der Waals surface area (Å²) in [7, 11) is 0. The fraction of sp³-hybridized carbons (Fsp3) is 0.647. The van der Waals surface area contributed by atoms with Crippen LogP contribution >= 0.6 is 0 Å². The molecular formula is C17H27NO. The van der Waals surface area contributed by atoms with Crippen molar-refractivity contribution in [3.05, 3.63) is 29.3 Å². The van der Waals surface area contributed by atoms with Crippen molar-refractivity contribution >= 4 is 0 Å². The fourth-order valence-corrected chi connectivity index (χ4v) is 2.71. The van der Waals surface area contributed by atoms with Gasteiger partial charge in [0.15, 0.2) is 0 Å². The molecule has 19 heavy (non-hydrogen) atoms. The van der Waals surface area contributed by atoms with Gasteiger partial charge in [-0.05, 0) is 50.3 Å². The van der Waals surface area contributed by atoms with Gasteiger partial charge in [0.05, 0.1) is 0 Å². The lowest BCUT2D eigenvalue weighted by molar-refractivity contribution is 0.141. The Balaban J connectivity index is 2.20. The molecule has 2 nitrogen and oxygen atoms in total. The summed E-state index contributed by atoms with van der Waals surface area (Å²) in [6.45, 7) is 12.2. The number of rotatable bonds is 2. The Morgan fingerprint density at radius 1 is 1.26 bits per heavy atom. The second kappa shape index (κ2) is 5.54. The van der Waals surface area contributed by atoms with Crippen molar-refractivity contribution in [3.8, 4) is 5.75 Å². The summed E-state index contributed by atoms with van der Waals surface area (Å²) in [4.78, 5) is 0. The Labute approximate surface area is 117 Å². The molecule has 0 saturated carbocycles. The quantitative estimate of drug-likeness (QED) is 0.874. The minimum absolute atomic E-state index is 0.125. The van der Waals surface area contributed by atoms with Crippen molar-refractivity contribution < 1.29 is 4.74 Å². The van der Waals surface area contributed by atoms with Gasteiger partial charge in [0.25, 0.3) is 0 Å². The standard InChI is InChI=1S/C17H27NO/c1-12-6-7-16(15(10-12)17(3,4)5)19-14-8-9-18-13(2)11-14/h6-7,10,13-14,18H,8-9,11H2,1-5H3. The maximum atomic E-state index is 6.30. The van der Waals surface area contributed by atoms with Gasteiger partial charge >= 0.3 is 0 Å². The minimum Gasteiger partial charge on any atom is -0.490 e. The lowest BCUT2D eigenvalue weighted by Crippen LogP contribution is -2.40. The van der Waals surface area contributed by atoms with Crippen LogP contribution in [0.15, 0.2) is 18.2 Å². The summed E-state index contributed by atoms with van der Waals surface area (Å²) >= 11 is 0. The molecule has 1 fully saturated rings. The maximum absolute atomic E-state index is 6.30. The zero-order valence-electron chi connectivity index (χ0n) is 12.9. The lowest BCUT2D eigenvalue weighted by atomic mass is 9.85. The van der Waals surface area contributed by atoms with Crippen molar-refractivity contribution in [2.24, 2.45) is 0 Å². The number of benzene rings is 1. The molecule has 1 aliphatic rings. The van der Waals surface area contributed by atoms with Gasteiger partial charge in [0.1, 0.15) is 11.9 Å². The topological polar surface area (TPSA) is 21.3 Å². The molecule has 1 heterocycles. The van der Waals surface area contributed by atoms with Crippen molar-refractivity contribution in [2.45, 2.75) is 65.0 Å². The fourth-order valence-electron chi connectivity index (χ4n) is 2.71. The Bertz CT molecular complexity index is 433. The van der Waals surface area contributed by atoms with E-state index in [1.54, 1.807) is 0 Å². The van der Waals surface area contributed by atoms with Gasteiger partial charge in [0, 0.05) is 6.04 Å². The lowest BCUT2D eigenvalue weighted by Gasteiger charge is -2.31. The number of piperidine rings is 1. The summed E-state index contributed by atoms with van der Waals surface area (Å²) in [5, 5.41) is 3.47. The number of hydrogen-bond donors (Lipinski definition) is 1. The SMILES string of the molecule is Cc1ccc(OC2CCNC(C)C2)c(C(C)(C)C)c1. The molecule has 106 valence electrons. The molecule has 0 aromatic heterocycles. The summed E-state index contributed by atoms with van der Waals surface area (Å²) in [5.41, 5.74) is 2.74. The molecule has 1 N–H and O–H groups in total. The zero-order valence-corrected chi connectivity index (χ0v) is 12.9. The van der Waals surface area contributed by atoms with Crippen LogP contribution in [0.2, 0.25) is 0 Å². The molecule has 0 bridgehead atoms. The van der Waals surface area contributed by atoms with Crippen molar-refractivity contribution in [1.82, 2.24) is 5.32 Å². The van der Waals surface area contributed by atoms with Gasteiger partial charge in [-0.1, -0.05) is 38.5 Å². The van der Waals surface area contributed by atoms with Gasteiger partial charge in [0.2, 0.25) is 0 Å². The Kier molecular flexibility index (Phi) is 4.19. The molecule has 2 rings (SSSR count). The highest BCUT2D eigenvalue weighted by Crippen LogP contribution is 2.33. The van der Waals surface area contributed by atoms with Crippen LogP contribution in [0.4, 0.5) is 0 Å². The maximum Gasteiger partial charge on any atom is 0.123 e. The molecule has 1 aromatic rings. The first-order chi connectivity index (χ1) is 8.86. The van der Waals surface area contributed by atoms with Gasteiger partial charge in [-0.2, -0.15) is 0 Å². The van der Waals surface area contributed by atoms with E-state index in [0.717, 1.165) is 25.1 Å². The molecule has 1 aromatic carbocycles. The van der Waals surface area contributed by atoms with E-state index >= 15 is 0 Å². The Hall–Kier alpha value is -1.02. The van der Waals surface area contributed by atoms with Gasteiger partial charge in [-0.25, -0.2) is 0 Å². The first kappa shape index (κ1) is 14.4. The second-order valence-electron chi connectivity index (χ2n) is 6.87. The highest BCUT2D eigenvalue weighted by atomic mass is 16.5. The molecule has 0 aliphatic carbocycles. The van der Waals surface area contributed by atoms with Crippen LogP contribution in [-0.4, -0.2) is 18.7 Å². The largest absolute Gasteiger partial charge is 0.490 e. The summed E-state index contributed by atoms with van der Waals surface area (Å²) in [5.74, 6) is 1.07. The van der Waals surface area contributed by atoms with E-state index in [1.807, 2.05) is 0 Å². The Morgan fingerprint density at radius 2 is 2.00 bits per heavy atom. The first-order valence-electron chi connectivity index (χ1n) is 7.37. The average Bonchev–Trinajstić information content (AvgIpc) is 2.30. The summed E-state index contributed by atoms with van der Waals surface area (Å²) < 4.78 is 6.30. The zero-order chi connectivity index (χ0) is 14.0. The van der Waals surface area contributed by atoms with E-state index in [9.17, 15) is 0 Å². The number of aryl methyl sites for hydroxylation is 1. The van der Waals surface area contributed by atoms with Crippen LogP contribution in [0.3, 0.4) is 0 Å². The molecular weight excluding hydrogens is 234 g/mol. The number of ether oxygens (including phenoxy) is 1. The van der Waals surface area contributed by atoms with Crippen LogP contribution in [0.25, 0.3) is 0 Å². The van der Waals surface area contributed by atoms with Gasteiger partial charge in [-0.15, -0.1) is 0 Å². The van der Waals surface area contributed by atoms with E-state index in [2.05, 4.69) is 58.1 Å². The molecule has 2 heteroatoms. The molecule has 2 unspecified atom stereocenters.